The van der Waals surface area contributed by atoms with Crippen LogP contribution in [0.5, 0.6) is 5.75 Å². The van der Waals surface area contributed by atoms with E-state index in [9.17, 15) is 15.0 Å². The summed E-state index contributed by atoms with van der Waals surface area (Å²) in [7, 11) is 0. The van der Waals surface area contributed by atoms with E-state index in [0.29, 0.717) is 11.3 Å². The maximum absolute atomic E-state index is 11.6. The maximum Gasteiger partial charge on any atom is 0.328 e. The Kier molecular flexibility index (Phi) is 5.78. The van der Waals surface area contributed by atoms with Gasteiger partial charge >= 0.3 is 5.97 Å². The first-order valence-corrected chi connectivity index (χ1v) is 9.01. The molecule has 0 bridgehead atoms. The smallest absolute Gasteiger partial charge is 0.328 e. The van der Waals surface area contributed by atoms with Gasteiger partial charge in [-0.2, -0.15) is 0 Å². The van der Waals surface area contributed by atoms with Crippen LogP contribution in [0.4, 0.5) is 0 Å². The predicted molar refractivity (Wildman–Crippen MR) is 107 cm³/mol. The van der Waals surface area contributed by atoms with E-state index in [2.05, 4.69) is 35.7 Å². The van der Waals surface area contributed by atoms with Crippen LogP contribution in [0.3, 0.4) is 0 Å². The number of nitrogens with one attached hydrogen (secondary N) is 1. The molecule has 1 aromatic carbocycles. The Balaban J connectivity index is 2.46. The molecule has 1 atom stereocenters. The van der Waals surface area contributed by atoms with E-state index in [0.717, 1.165) is 11.1 Å². The number of hydrogen-bond acceptors (Lipinski definition) is 4. The van der Waals surface area contributed by atoms with Crippen molar-refractivity contribution >= 4 is 12.2 Å². The van der Waals surface area contributed by atoms with Crippen LogP contribution >= 0.6 is 0 Å². The third-order valence-corrected chi connectivity index (χ3v) is 4.46. The summed E-state index contributed by atoms with van der Waals surface area (Å²) in [4.78, 5) is 22.6. The van der Waals surface area contributed by atoms with Crippen LogP contribution in [-0.4, -0.2) is 38.4 Å². The van der Waals surface area contributed by atoms with Crippen molar-refractivity contribution in [3.63, 3.8) is 0 Å². The average Bonchev–Trinajstić information content (AvgIpc) is 3.03. The Morgan fingerprint density at radius 1 is 1.22 bits per heavy atom. The lowest BCUT2D eigenvalue weighted by Gasteiger charge is -2.27. The van der Waals surface area contributed by atoms with Crippen molar-refractivity contribution in [2.75, 3.05) is 0 Å². The van der Waals surface area contributed by atoms with Crippen molar-refractivity contribution in [3.8, 4) is 5.75 Å². The fourth-order valence-electron chi connectivity index (χ4n) is 2.74. The fourth-order valence-corrected chi connectivity index (χ4v) is 2.74. The van der Waals surface area contributed by atoms with Gasteiger partial charge in [-0.05, 0) is 22.5 Å². The zero-order valence-electron chi connectivity index (χ0n) is 16.9. The number of rotatable bonds is 5. The molecule has 2 aromatic rings. The molecule has 1 aromatic heterocycles. The fraction of sp³-hybridized carbons (Fsp3) is 0.476. The van der Waals surface area contributed by atoms with Gasteiger partial charge in [0.2, 0.25) is 0 Å². The standard InChI is InChI=1S/C21H29N3O3/c1-20(2,3)14-7-13(18(25)16(8-14)21(4,5)6)10-23-17(19(26)27)9-15-11-22-12-24-15/h7-8,10-12,17,25H,9H2,1-6H3,(H,22,24)(H,26,27)/t17-/m0/s1. The number of nitrogens with zero attached hydrogens (tertiary/aromatic N) is 2. The van der Waals surface area contributed by atoms with Gasteiger partial charge < -0.3 is 15.2 Å². The van der Waals surface area contributed by atoms with Crippen LogP contribution in [0.1, 0.15) is 63.9 Å². The highest BCUT2D eigenvalue weighted by Crippen LogP contribution is 2.37. The van der Waals surface area contributed by atoms with E-state index >= 15 is 0 Å². The minimum Gasteiger partial charge on any atom is -0.507 e. The first-order valence-electron chi connectivity index (χ1n) is 9.01. The third-order valence-electron chi connectivity index (χ3n) is 4.46. The Morgan fingerprint density at radius 2 is 1.89 bits per heavy atom. The van der Waals surface area contributed by atoms with Crippen molar-refractivity contribution in [2.45, 2.75) is 64.8 Å². The number of hydrogen-bond donors (Lipinski definition) is 3. The lowest BCUT2D eigenvalue weighted by atomic mass is 9.79. The van der Waals surface area contributed by atoms with Crippen molar-refractivity contribution in [3.05, 3.63) is 47.0 Å². The van der Waals surface area contributed by atoms with Gasteiger partial charge in [0.05, 0.1) is 6.33 Å². The number of aromatic nitrogens is 2. The first-order chi connectivity index (χ1) is 12.4. The van der Waals surface area contributed by atoms with E-state index < -0.39 is 12.0 Å². The number of aliphatic imine (C=N–C) groups is 1. The normalized spacial score (nSPS) is 13.9. The van der Waals surface area contributed by atoms with E-state index in [1.54, 1.807) is 6.20 Å². The highest BCUT2D eigenvalue weighted by Gasteiger charge is 2.25. The molecule has 0 fully saturated rings. The zero-order valence-corrected chi connectivity index (χ0v) is 16.9. The molecule has 1 heterocycles. The second-order valence-corrected chi connectivity index (χ2v) is 8.87. The second-order valence-electron chi connectivity index (χ2n) is 8.87. The molecule has 0 aliphatic carbocycles. The summed E-state index contributed by atoms with van der Waals surface area (Å²) in [5, 5.41) is 20.2. The quantitative estimate of drug-likeness (QED) is 0.696. The molecule has 0 saturated heterocycles. The lowest BCUT2D eigenvalue weighted by molar-refractivity contribution is -0.138. The summed E-state index contributed by atoms with van der Waals surface area (Å²) < 4.78 is 0. The molecule has 0 aliphatic heterocycles. The lowest BCUT2D eigenvalue weighted by Crippen LogP contribution is -2.21. The maximum atomic E-state index is 11.6. The largest absolute Gasteiger partial charge is 0.507 e. The number of carboxylic acid groups (broad SMARTS) is 1. The summed E-state index contributed by atoms with van der Waals surface area (Å²) in [5.74, 6) is -0.881. The van der Waals surface area contributed by atoms with Crippen LogP contribution in [0.2, 0.25) is 0 Å². The van der Waals surface area contributed by atoms with Gasteiger partial charge in [0.15, 0.2) is 6.04 Å². The Bertz CT molecular complexity index is 826. The van der Waals surface area contributed by atoms with Crippen molar-refractivity contribution in [1.82, 2.24) is 9.97 Å². The topological polar surface area (TPSA) is 98.6 Å². The van der Waals surface area contributed by atoms with E-state index in [1.807, 2.05) is 32.9 Å². The number of phenolic OH excluding ortho intramolecular Hbond substituents is 1. The molecular formula is C21H29N3O3. The summed E-state index contributed by atoms with van der Waals surface area (Å²) in [5.41, 5.74) is 2.74. The predicted octanol–water partition coefficient (Wildman–Crippen LogP) is 3.83. The molecule has 0 unspecified atom stereocenters. The minimum absolute atomic E-state index is 0.113. The number of carboxylic acids is 1. The summed E-state index contributed by atoms with van der Waals surface area (Å²) in [6.45, 7) is 12.4. The molecule has 2 rings (SSSR count). The highest BCUT2D eigenvalue weighted by atomic mass is 16.4. The van der Waals surface area contributed by atoms with E-state index in [4.69, 9.17) is 0 Å². The Hall–Kier alpha value is -2.63. The Morgan fingerprint density at radius 3 is 2.37 bits per heavy atom. The van der Waals surface area contributed by atoms with Crippen LogP contribution in [0.25, 0.3) is 0 Å². The number of aromatic amines is 1. The van der Waals surface area contributed by atoms with E-state index in [-0.39, 0.29) is 23.0 Å². The van der Waals surface area contributed by atoms with Gasteiger partial charge in [-0.15, -0.1) is 0 Å². The van der Waals surface area contributed by atoms with E-state index in [1.165, 1.54) is 12.5 Å². The molecule has 6 nitrogen and oxygen atoms in total. The number of aromatic hydroxyl groups is 1. The van der Waals surface area contributed by atoms with Gasteiger partial charge in [0.25, 0.3) is 0 Å². The average molecular weight is 371 g/mol. The van der Waals surface area contributed by atoms with Crippen molar-refractivity contribution in [1.29, 1.82) is 0 Å². The van der Waals surface area contributed by atoms with Gasteiger partial charge in [0.1, 0.15) is 5.75 Å². The summed E-state index contributed by atoms with van der Waals surface area (Å²) in [6, 6.07) is 2.94. The van der Waals surface area contributed by atoms with Crippen LogP contribution in [0.15, 0.2) is 29.6 Å². The summed E-state index contributed by atoms with van der Waals surface area (Å²) in [6.07, 6.45) is 4.76. The monoisotopic (exact) mass is 371 g/mol. The van der Waals surface area contributed by atoms with Gasteiger partial charge in [-0.25, -0.2) is 9.78 Å². The molecule has 0 saturated carbocycles. The number of imidazole rings is 1. The van der Waals surface area contributed by atoms with Crippen molar-refractivity contribution in [2.24, 2.45) is 4.99 Å². The summed E-state index contributed by atoms with van der Waals surface area (Å²) >= 11 is 0. The molecule has 0 radical (unpaired) electrons. The Labute approximate surface area is 160 Å². The van der Waals surface area contributed by atoms with Gasteiger partial charge in [-0.1, -0.05) is 47.6 Å². The minimum atomic E-state index is -1.02. The first kappa shape index (κ1) is 20.7. The highest BCUT2D eigenvalue weighted by molar-refractivity contribution is 5.87. The molecule has 0 spiro atoms. The number of benzene rings is 1. The molecule has 3 N–H and O–H groups in total. The SMILES string of the molecule is CC(C)(C)c1cc(C=N[C@@H](Cc2cnc[nH]2)C(=O)O)c(O)c(C(C)(C)C)c1. The van der Waals surface area contributed by atoms with Crippen LogP contribution in [-0.2, 0) is 22.0 Å². The third kappa shape index (κ3) is 5.18. The number of phenols is 1. The van der Waals surface area contributed by atoms with Crippen molar-refractivity contribution < 1.29 is 15.0 Å². The second kappa shape index (κ2) is 7.55. The molecule has 0 aliphatic rings. The molecule has 6 heteroatoms. The molecular weight excluding hydrogens is 342 g/mol. The van der Waals surface area contributed by atoms with Crippen LogP contribution in [0, 0.1) is 0 Å². The molecule has 0 amide bonds. The number of H-pyrrole nitrogens is 1. The van der Waals surface area contributed by atoms with Gasteiger partial charge in [-0.3, -0.25) is 4.99 Å². The van der Waals surface area contributed by atoms with Gasteiger partial charge in [0, 0.05) is 35.7 Å². The zero-order chi connectivity index (χ0) is 20.4. The number of aliphatic carboxylic acids is 1. The molecule has 27 heavy (non-hydrogen) atoms. The number of carbonyl (C=O) groups is 1. The molecule has 146 valence electrons. The van der Waals surface area contributed by atoms with Crippen LogP contribution < -0.4 is 0 Å².